The molecule has 0 radical (unpaired) electrons. The lowest BCUT2D eigenvalue weighted by Crippen LogP contribution is -1.93. The highest BCUT2D eigenvalue weighted by molar-refractivity contribution is 9.10. The van der Waals surface area contributed by atoms with Gasteiger partial charge in [0.15, 0.2) is 5.82 Å². The Bertz CT molecular complexity index is 1570. The Morgan fingerprint density at radius 2 is 1.31 bits per heavy atom. The van der Waals surface area contributed by atoms with Crippen molar-refractivity contribution < 1.29 is 0 Å². The molecule has 0 atom stereocenters. The van der Waals surface area contributed by atoms with Crippen LogP contribution < -0.4 is 0 Å². The third kappa shape index (κ3) is 3.42. The van der Waals surface area contributed by atoms with Crippen molar-refractivity contribution in [2.45, 2.75) is 0 Å². The second kappa shape index (κ2) is 7.97. The standard InChI is InChI=1S/C28H17BrN2S/c29-22-10-6-9-21(17-22)18-13-15-20(16-14-18)28-30-25(19-7-2-1-3-8-19)27-26(31-28)23-11-4-5-12-24(23)32-27/h1-17H. The number of rotatable bonds is 3. The van der Waals surface area contributed by atoms with E-state index in [0.29, 0.717) is 0 Å². The van der Waals surface area contributed by atoms with Gasteiger partial charge in [0.1, 0.15) is 0 Å². The molecule has 32 heavy (non-hydrogen) atoms. The van der Waals surface area contributed by atoms with Crippen LogP contribution in [-0.4, -0.2) is 9.97 Å². The van der Waals surface area contributed by atoms with E-state index < -0.39 is 0 Å². The van der Waals surface area contributed by atoms with Gasteiger partial charge >= 0.3 is 0 Å². The van der Waals surface area contributed by atoms with E-state index in [1.807, 2.05) is 12.1 Å². The second-order valence-corrected chi connectivity index (χ2v) is 9.59. The van der Waals surface area contributed by atoms with Crippen molar-refractivity contribution in [3.8, 4) is 33.8 Å². The molecule has 0 unspecified atom stereocenters. The molecule has 2 aromatic heterocycles. The van der Waals surface area contributed by atoms with E-state index >= 15 is 0 Å². The summed E-state index contributed by atoms with van der Waals surface area (Å²) in [5.41, 5.74) is 6.47. The Kier molecular flexibility index (Phi) is 4.82. The fourth-order valence-corrected chi connectivity index (χ4v) is 5.54. The molecule has 0 aliphatic carbocycles. The average molecular weight is 493 g/mol. The van der Waals surface area contributed by atoms with Crippen molar-refractivity contribution >= 4 is 47.6 Å². The van der Waals surface area contributed by atoms with E-state index in [2.05, 4.69) is 107 Å². The van der Waals surface area contributed by atoms with Crippen LogP contribution in [0.25, 0.3) is 54.1 Å². The lowest BCUT2D eigenvalue weighted by molar-refractivity contribution is 1.24. The van der Waals surface area contributed by atoms with Gasteiger partial charge in [0.05, 0.1) is 15.9 Å². The first-order chi connectivity index (χ1) is 15.8. The summed E-state index contributed by atoms with van der Waals surface area (Å²) < 4.78 is 3.44. The van der Waals surface area contributed by atoms with E-state index in [1.54, 1.807) is 11.3 Å². The number of aromatic nitrogens is 2. The van der Waals surface area contributed by atoms with Gasteiger partial charge in [0.2, 0.25) is 0 Å². The van der Waals surface area contributed by atoms with Gasteiger partial charge in [-0.3, -0.25) is 0 Å². The van der Waals surface area contributed by atoms with Crippen LogP contribution in [0.5, 0.6) is 0 Å². The summed E-state index contributed by atoms with van der Waals surface area (Å²) in [6.07, 6.45) is 0. The third-order valence-corrected chi connectivity index (χ3v) is 7.23. The van der Waals surface area contributed by atoms with Crippen molar-refractivity contribution in [3.05, 3.63) is 108 Å². The lowest BCUT2D eigenvalue weighted by atomic mass is 10.0. The minimum absolute atomic E-state index is 0.751. The zero-order valence-electron chi connectivity index (χ0n) is 17.0. The molecule has 0 amide bonds. The van der Waals surface area contributed by atoms with Crippen molar-refractivity contribution in [2.75, 3.05) is 0 Å². The second-order valence-electron chi connectivity index (χ2n) is 7.63. The predicted octanol–water partition coefficient (Wildman–Crippen LogP) is 8.61. The maximum absolute atomic E-state index is 5.04. The molecule has 6 aromatic rings. The molecule has 0 fully saturated rings. The van der Waals surface area contributed by atoms with Crippen molar-refractivity contribution in [3.63, 3.8) is 0 Å². The molecular formula is C28H17BrN2S. The quantitative estimate of drug-likeness (QED) is 0.247. The predicted molar refractivity (Wildman–Crippen MR) is 139 cm³/mol. The molecular weight excluding hydrogens is 476 g/mol. The van der Waals surface area contributed by atoms with E-state index in [9.17, 15) is 0 Å². The highest BCUT2D eigenvalue weighted by Crippen LogP contribution is 2.39. The molecule has 0 saturated carbocycles. The zero-order valence-corrected chi connectivity index (χ0v) is 19.4. The van der Waals surface area contributed by atoms with Gasteiger partial charge < -0.3 is 0 Å². The summed E-state index contributed by atoms with van der Waals surface area (Å²) in [6.45, 7) is 0. The molecule has 2 heterocycles. The number of halogens is 1. The van der Waals surface area contributed by atoms with Gasteiger partial charge in [-0.05, 0) is 29.3 Å². The average Bonchev–Trinajstić information content (AvgIpc) is 3.23. The number of thiophene rings is 1. The number of hydrogen-bond donors (Lipinski definition) is 0. The Morgan fingerprint density at radius 3 is 2.12 bits per heavy atom. The Morgan fingerprint density at radius 1 is 0.594 bits per heavy atom. The summed E-state index contributed by atoms with van der Waals surface area (Å²) >= 11 is 5.32. The van der Waals surface area contributed by atoms with Gasteiger partial charge in [-0.1, -0.05) is 101 Å². The first-order valence-electron chi connectivity index (χ1n) is 10.4. The molecule has 0 aliphatic heterocycles. The van der Waals surface area contributed by atoms with Crippen LogP contribution in [0.2, 0.25) is 0 Å². The van der Waals surface area contributed by atoms with Gasteiger partial charge in [0.25, 0.3) is 0 Å². The largest absolute Gasteiger partial charge is 0.226 e. The molecule has 0 spiro atoms. The SMILES string of the molecule is Brc1cccc(-c2ccc(-c3nc(-c4ccccc4)c4sc5ccccc5c4n3)cc2)c1. The van der Waals surface area contributed by atoms with Gasteiger partial charge in [0, 0.05) is 25.7 Å². The van der Waals surface area contributed by atoms with Crippen LogP contribution in [0.3, 0.4) is 0 Å². The van der Waals surface area contributed by atoms with Gasteiger partial charge in [-0.25, -0.2) is 9.97 Å². The molecule has 6 rings (SSSR count). The van der Waals surface area contributed by atoms with E-state index in [4.69, 9.17) is 9.97 Å². The fourth-order valence-electron chi connectivity index (χ4n) is 3.99. The molecule has 0 bridgehead atoms. The molecule has 2 nitrogen and oxygen atoms in total. The fraction of sp³-hybridized carbons (Fsp3) is 0. The van der Waals surface area contributed by atoms with Crippen LogP contribution in [0.15, 0.2) is 108 Å². The van der Waals surface area contributed by atoms with Crippen molar-refractivity contribution in [1.29, 1.82) is 0 Å². The van der Waals surface area contributed by atoms with Crippen molar-refractivity contribution in [1.82, 2.24) is 9.97 Å². The highest BCUT2D eigenvalue weighted by atomic mass is 79.9. The summed E-state index contributed by atoms with van der Waals surface area (Å²) in [4.78, 5) is 10.1. The maximum atomic E-state index is 5.04. The van der Waals surface area contributed by atoms with Gasteiger partial charge in [-0.15, -0.1) is 11.3 Å². The van der Waals surface area contributed by atoms with Crippen LogP contribution in [0, 0.1) is 0 Å². The van der Waals surface area contributed by atoms with E-state index in [1.165, 1.54) is 21.2 Å². The van der Waals surface area contributed by atoms with Crippen LogP contribution >= 0.6 is 27.3 Å². The minimum atomic E-state index is 0.751. The molecule has 0 aliphatic rings. The normalized spacial score (nSPS) is 11.3. The lowest BCUT2D eigenvalue weighted by Gasteiger charge is -2.08. The number of benzene rings is 4. The molecule has 4 aromatic carbocycles. The summed E-state index contributed by atoms with van der Waals surface area (Å²) in [6, 6.07) is 35.7. The Balaban J connectivity index is 1.54. The minimum Gasteiger partial charge on any atom is -0.226 e. The maximum Gasteiger partial charge on any atom is 0.160 e. The van der Waals surface area contributed by atoms with E-state index in [0.717, 1.165) is 37.3 Å². The summed E-state index contributed by atoms with van der Waals surface area (Å²) in [5.74, 6) is 0.751. The van der Waals surface area contributed by atoms with Crippen LogP contribution in [0.1, 0.15) is 0 Å². The Hall–Kier alpha value is -3.34. The monoisotopic (exact) mass is 492 g/mol. The topological polar surface area (TPSA) is 25.8 Å². The van der Waals surface area contributed by atoms with Crippen LogP contribution in [-0.2, 0) is 0 Å². The number of hydrogen-bond acceptors (Lipinski definition) is 3. The number of fused-ring (bicyclic) bond motifs is 3. The first-order valence-corrected chi connectivity index (χ1v) is 12.0. The van der Waals surface area contributed by atoms with Crippen molar-refractivity contribution in [2.24, 2.45) is 0 Å². The molecule has 0 N–H and O–H groups in total. The summed E-state index contributed by atoms with van der Waals surface area (Å²) in [5, 5.41) is 1.18. The Labute approximate surface area is 198 Å². The molecule has 152 valence electrons. The highest BCUT2D eigenvalue weighted by Gasteiger charge is 2.16. The summed E-state index contributed by atoms with van der Waals surface area (Å²) in [7, 11) is 0. The zero-order chi connectivity index (χ0) is 21.5. The smallest absolute Gasteiger partial charge is 0.160 e. The number of nitrogens with zero attached hydrogens (tertiary/aromatic N) is 2. The molecule has 4 heteroatoms. The third-order valence-electron chi connectivity index (χ3n) is 5.57. The first kappa shape index (κ1) is 19.4. The van der Waals surface area contributed by atoms with Gasteiger partial charge in [-0.2, -0.15) is 0 Å². The van der Waals surface area contributed by atoms with Crippen LogP contribution in [0.4, 0.5) is 0 Å². The molecule has 0 saturated heterocycles. The van der Waals surface area contributed by atoms with E-state index in [-0.39, 0.29) is 0 Å².